The molecule has 183 valence electrons. The summed E-state index contributed by atoms with van der Waals surface area (Å²) in [6.45, 7) is 6.36. The van der Waals surface area contributed by atoms with Crippen LogP contribution in [0.25, 0.3) is 0 Å². The fourth-order valence-electron chi connectivity index (χ4n) is 3.43. The monoisotopic (exact) mass is 499 g/mol. The van der Waals surface area contributed by atoms with Gasteiger partial charge in [-0.25, -0.2) is 0 Å². The summed E-state index contributed by atoms with van der Waals surface area (Å²) in [5.41, 5.74) is -5.14. The van der Waals surface area contributed by atoms with Gasteiger partial charge in [0.1, 0.15) is 5.75 Å². The summed E-state index contributed by atoms with van der Waals surface area (Å²) in [5.74, 6) is 0.947. The molecule has 0 amide bonds. The number of alkyl halides is 6. The van der Waals surface area contributed by atoms with Crippen LogP contribution in [0.5, 0.6) is 5.75 Å². The van der Waals surface area contributed by atoms with Gasteiger partial charge in [-0.3, -0.25) is 4.79 Å². The summed E-state index contributed by atoms with van der Waals surface area (Å²) in [7, 11) is -0.895. The van der Waals surface area contributed by atoms with Crippen molar-refractivity contribution in [3.8, 4) is 5.75 Å². The van der Waals surface area contributed by atoms with Gasteiger partial charge in [0.05, 0.1) is 17.7 Å². The van der Waals surface area contributed by atoms with E-state index in [0.717, 1.165) is 25.7 Å². The third-order valence-corrected chi connectivity index (χ3v) is 6.68. The summed E-state index contributed by atoms with van der Waals surface area (Å²) < 4.78 is 86.1. The molecular formula is C24H27F6LiO2P. The number of hydrogen-bond donors (Lipinski definition) is 0. The Labute approximate surface area is 209 Å². The first-order valence-corrected chi connectivity index (χ1v) is 11.7. The molecule has 2 nitrogen and oxygen atoms in total. The quantitative estimate of drug-likeness (QED) is 0.194. The van der Waals surface area contributed by atoms with Crippen LogP contribution in [-0.4, -0.2) is 31.0 Å². The zero-order valence-corrected chi connectivity index (χ0v) is 20.7. The van der Waals surface area contributed by atoms with Crippen molar-refractivity contribution in [3.63, 3.8) is 0 Å². The second kappa shape index (κ2) is 13.0. The topological polar surface area (TPSA) is 26.3 Å². The number of halogens is 6. The van der Waals surface area contributed by atoms with Crippen LogP contribution < -0.4 is 10.0 Å². The predicted octanol–water partition coefficient (Wildman–Crippen LogP) is 7.39. The first-order valence-electron chi connectivity index (χ1n) is 10.7. The van der Waals surface area contributed by atoms with Crippen molar-refractivity contribution in [1.29, 1.82) is 0 Å². The average Bonchev–Trinajstić information content (AvgIpc) is 2.73. The number of carbonyl (C=O) groups is 1. The molecule has 0 spiro atoms. The van der Waals surface area contributed by atoms with Crippen LogP contribution in [0.1, 0.15) is 66.6 Å². The van der Waals surface area contributed by atoms with Gasteiger partial charge < -0.3 is 4.74 Å². The maximum Gasteiger partial charge on any atom is 0.417 e. The molecule has 0 N–H and O–H groups in total. The van der Waals surface area contributed by atoms with Crippen LogP contribution in [0.3, 0.4) is 0 Å². The van der Waals surface area contributed by atoms with Crippen molar-refractivity contribution in [2.24, 2.45) is 5.92 Å². The fraction of sp³-hybridized carbons (Fsp3) is 0.458. The Balaban J connectivity index is 0.00000578. The van der Waals surface area contributed by atoms with Gasteiger partial charge in [0.25, 0.3) is 0 Å². The molecule has 1 radical (unpaired) electrons. The van der Waals surface area contributed by atoms with E-state index in [9.17, 15) is 31.1 Å². The Morgan fingerprint density at radius 2 is 1.59 bits per heavy atom. The molecule has 0 aliphatic carbocycles. The molecule has 10 heteroatoms. The summed E-state index contributed by atoms with van der Waals surface area (Å²) in [4.78, 5) is 12.7. The first kappa shape index (κ1) is 30.5. The van der Waals surface area contributed by atoms with E-state index in [0.29, 0.717) is 47.3 Å². The molecule has 2 aromatic rings. The summed E-state index contributed by atoms with van der Waals surface area (Å²) in [6.07, 6.45) is -5.98. The molecule has 0 fully saturated rings. The largest absolute Gasteiger partial charge is 0.493 e. The van der Waals surface area contributed by atoms with Crippen molar-refractivity contribution in [2.45, 2.75) is 58.8 Å². The minimum atomic E-state index is -5.09. The van der Waals surface area contributed by atoms with Crippen LogP contribution in [0.2, 0.25) is 0 Å². The van der Waals surface area contributed by atoms with E-state index < -0.39 is 43.1 Å². The van der Waals surface area contributed by atoms with Crippen molar-refractivity contribution in [3.05, 3.63) is 58.7 Å². The number of carbonyl (C=O) groups excluding carboxylic acids is 1. The van der Waals surface area contributed by atoms with Crippen molar-refractivity contribution >= 4 is 38.3 Å². The van der Waals surface area contributed by atoms with Gasteiger partial charge in [-0.1, -0.05) is 45.2 Å². The van der Waals surface area contributed by atoms with Gasteiger partial charge in [0, 0.05) is 24.4 Å². The molecule has 0 aromatic heterocycles. The molecule has 2 atom stereocenters. The van der Waals surface area contributed by atoms with Crippen molar-refractivity contribution in [2.75, 3.05) is 6.61 Å². The summed E-state index contributed by atoms with van der Waals surface area (Å²) >= 11 is 0. The molecule has 0 aliphatic heterocycles. The van der Waals surface area contributed by atoms with Gasteiger partial charge >= 0.3 is 12.4 Å². The van der Waals surface area contributed by atoms with E-state index in [1.165, 1.54) is 6.07 Å². The fourth-order valence-corrected chi connectivity index (χ4v) is 4.51. The number of aryl methyl sites for hydroxylation is 1. The van der Waals surface area contributed by atoms with Gasteiger partial charge in [0.2, 0.25) is 0 Å². The maximum atomic E-state index is 13.4. The third kappa shape index (κ3) is 8.32. The SMILES string of the molecule is CCCCC(CC)COc1ccc(PC(=O)c2c(C(F)(F)F)cccc2C(F)(F)F)c(C)c1.[Li]. The van der Waals surface area contributed by atoms with Crippen molar-refractivity contribution < 1.29 is 35.9 Å². The number of hydrogen-bond acceptors (Lipinski definition) is 2. The van der Waals surface area contributed by atoms with Crippen LogP contribution in [0, 0.1) is 12.8 Å². The predicted molar refractivity (Wildman–Crippen MR) is 124 cm³/mol. The molecule has 0 saturated carbocycles. The second-order valence-electron chi connectivity index (χ2n) is 7.88. The minimum absolute atomic E-state index is 0. The van der Waals surface area contributed by atoms with Crippen LogP contribution in [0.15, 0.2) is 36.4 Å². The Morgan fingerprint density at radius 3 is 2.06 bits per heavy atom. The Morgan fingerprint density at radius 1 is 1.00 bits per heavy atom. The van der Waals surface area contributed by atoms with E-state index in [1.54, 1.807) is 19.1 Å². The molecule has 2 unspecified atom stereocenters. The number of rotatable bonds is 10. The van der Waals surface area contributed by atoms with Crippen LogP contribution in [-0.2, 0) is 12.4 Å². The normalized spacial score (nSPS) is 13.1. The Kier molecular flexibility index (Phi) is 11.7. The zero-order valence-electron chi connectivity index (χ0n) is 19.7. The van der Waals surface area contributed by atoms with Crippen LogP contribution >= 0.6 is 8.58 Å². The molecule has 0 saturated heterocycles. The molecule has 2 aromatic carbocycles. The number of unbranched alkanes of at least 4 members (excludes halogenated alkanes) is 1. The maximum absolute atomic E-state index is 13.4. The third-order valence-electron chi connectivity index (χ3n) is 5.38. The van der Waals surface area contributed by atoms with E-state index in [2.05, 4.69) is 13.8 Å². The number of benzene rings is 2. The smallest absolute Gasteiger partial charge is 0.417 e. The van der Waals surface area contributed by atoms with E-state index in [-0.39, 0.29) is 18.9 Å². The molecular weight excluding hydrogens is 472 g/mol. The zero-order chi connectivity index (χ0) is 24.8. The second-order valence-corrected chi connectivity index (χ2v) is 9.12. The van der Waals surface area contributed by atoms with Gasteiger partial charge in [-0.15, -0.1) is 0 Å². The Hall–Kier alpha value is -1.48. The molecule has 0 aliphatic rings. The Bertz CT molecular complexity index is 927. The van der Waals surface area contributed by atoms with Crippen molar-refractivity contribution in [1.82, 2.24) is 0 Å². The summed E-state index contributed by atoms with van der Waals surface area (Å²) in [5, 5.41) is 0.371. The summed E-state index contributed by atoms with van der Waals surface area (Å²) in [6, 6.07) is 6.43. The average molecular weight is 499 g/mol. The minimum Gasteiger partial charge on any atom is -0.493 e. The van der Waals surface area contributed by atoms with Gasteiger partial charge in [-0.2, -0.15) is 26.3 Å². The number of ether oxygens (including phenoxy) is 1. The van der Waals surface area contributed by atoms with E-state index in [1.807, 2.05) is 0 Å². The molecule has 34 heavy (non-hydrogen) atoms. The van der Waals surface area contributed by atoms with Gasteiger partial charge in [-0.05, 0) is 63.0 Å². The molecule has 2 rings (SSSR count). The molecule has 0 heterocycles. The standard InChI is InChI=1S/C24H27F6O2P.Li/c1-4-6-8-16(5-2)14-32-17-11-12-20(15(3)13-17)33-22(31)21-18(23(25,26)27)9-7-10-19(21)24(28,29)30;/h7,9-13,16,33H,4-6,8,14H2,1-3H3;. The first-order chi connectivity index (χ1) is 15.4. The molecule has 0 bridgehead atoms. The van der Waals surface area contributed by atoms with Crippen LogP contribution in [0.4, 0.5) is 26.3 Å². The van der Waals surface area contributed by atoms with Gasteiger partial charge in [0.15, 0.2) is 5.52 Å². The van der Waals surface area contributed by atoms with E-state index in [4.69, 9.17) is 4.74 Å². The van der Waals surface area contributed by atoms with E-state index >= 15 is 0 Å².